The molecular weight excluding hydrogens is 262 g/mol. The largest absolute Gasteiger partial charge is 0.339 e. The fourth-order valence-electron chi connectivity index (χ4n) is 2.58. The fourth-order valence-corrected chi connectivity index (χ4v) is 2.58. The van der Waals surface area contributed by atoms with Crippen molar-refractivity contribution in [2.24, 2.45) is 5.92 Å². The maximum absolute atomic E-state index is 13.8. The van der Waals surface area contributed by atoms with Gasteiger partial charge < -0.3 is 10.2 Å². The van der Waals surface area contributed by atoms with E-state index in [-0.39, 0.29) is 17.4 Å². The standard InChI is InChI=1S/C15H20F2N2O/c1-10(13-8-12(16)5-6-14(13)17)19(2)15(20)11-4-3-7-18-9-11/h5-6,8,10-11,18H,3-4,7,9H2,1-2H3/t10-,11+/m1/s1. The van der Waals surface area contributed by atoms with Crippen molar-refractivity contribution < 1.29 is 13.6 Å². The lowest BCUT2D eigenvalue weighted by Gasteiger charge is -2.31. The number of nitrogens with zero attached hydrogens (tertiary/aromatic N) is 1. The summed E-state index contributed by atoms with van der Waals surface area (Å²) >= 11 is 0. The molecule has 0 unspecified atom stereocenters. The van der Waals surface area contributed by atoms with Gasteiger partial charge in [0.25, 0.3) is 0 Å². The lowest BCUT2D eigenvalue weighted by Crippen LogP contribution is -2.42. The van der Waals surface area contributed by atoms with Crippen molar-refractivity contribution in [3.8, 4) is 0 Å². The van der Waals surface area contributed by atoms with Gasteiger partial charge in [-0.1, -0.05) is 0 Å². The number of nitrogens with one attached hydrogen (secondary N) is 1. The van der Waals surface area contributed by atoms with Crippen LogP contribution in [0.15, 0.2) is 18.2 Å². The molecule has 2 rings (SSSR count). The molecule has 110 valence electrons. The number of rotatable bonds is 3. The second-order valence-corrected chi connectivity index (χ2v) is 5.33. The predicted molar refractivity (Wildman–Crippen MR) is 73.1 cm³/mol. The summed E-state index contributed by atoms with van der Waals surface area (Å²) in [5.41, 5.74) is 0.213. The highest BCUT2D eigenvalue weighted by molar-refractivity contribution is 5.79. The van der Waals surface area contributed by atoms with Crippen LogP contribution in [0.2, 0.25) is 0 Å². The predicted octanol–water partition coefficient (Wildman–Crippen LogP) is 2.48. The van der Waals surface area contributed by atoms with E-state index in [9.17, 15) is 13.6 Å². The van der Waals surface area contributed by atoms with Gasteiger partial charge in [-0.15, -0.1) is 0 Å². The Bertz CT molecular complexity index is 487. The molecule has 1 N–H and O–H groups in total. The average Bonchev–Trinajstić information content (AvgIpc) is 2.48. The number of carbonyl (C=O) groups is 1. The van der Waals surface area contributed by atoms with Crippen LogP contribution in [0.5, 0.6) is 0 Å². The Morgan fingerprint density at radius 2 is 2.20 bits per heavy atom. The highest BCUT2D eigenvalue weighted by Crippen LogP contribution is 2.25. The number of piperidine rings is 1. The molecule has 1 saturated heterocycles. The van der Waals surface area contributed by atoms with Gasteiger partial charge in [0.1, 0.15) is 11.6 Å². The number of hydrogen-bond donors (Lipinski definition) is 1. The van der Waals surface area contributed by atoms with E-state index in [0.29, 0.717) is 6.54 Å². The SMILES string of the molecule is C[C@H](c1cc(F)ccc1F)N(C)C(=O)[C@H]1CCCNC1. The third-order valence-electron chi connectivity index (χ3n) is 3.98. The first-order valence-corrected chi connectivity index (χ1v) is 6.93. The topological polar surface area (TPSA) is 32.3 Å². The van der Waals surface area contributed by atoms with Crippen molar-refractivity contribution in [3.63, 3.8) is 0 Å². The fraction of sp³-hybridized carbons (Fsp3) is 0.533. The first-order valence-electron chi connectivity index (χ1n) is 6.93. The van der Waals surface area contributed by atoms with Gasteiger partial charge in [0.2, 0.25) is 5.91 Å². The Hall–Kier alpha value is -1.49. The van der Waals surface area contributed by atoms with Crippen LogP contribution < -0.4 is 5.32 Å². The van der Waals surface area contributed by atoms with Crippen molar-refractivity contribution in [3.05, 3.63) is 35.4 Å². The lowest BCUT2D eigenvalue weighted by atomic mass is 9.96. The van der Waals surface area contributed by atoms with Gasteiger partial charge in [-0.05, 0) is 44.5 Å². The molecule has 1 aliphatic heterocycles. The Morgan fingerprint density at radius 1 is 1.45 bits per heavy atom. The minimum atomic E-state index is -0.492. The van der Waals surface area contributed by atoms with Crippen molar-refractivity contribution in [2.45, 2.75) is 25.8 Å². The van der Waals surface area contributed by atoms with Crippen molar-refractivity contribution in [1.82, 2.24) is 10.2 Å². The summed E-state index contributed by atoms with van der Waals surface area (Å²) in [6, 6.07) is 2.85. The molecule has 5 heteroatoms. The molecule has 3 nitrogen and oxygen atoms in total. The molecule has 1 aliphatic rings. The highest BCUT2D eigenvalue weighted by atomic mass is 19.1. The molecule has 1 aromatic rings. The summed E-state index contributed by atoms with van der Waals surface area (Å²) < 4.78 is 27.0. The van der Waals surface area contributed by atoms with E-state index >= 15 is 0 Å². The zero-order chi connectivity index (χ0) is 14.7. The maximum atomic E-state index is 13.8. The Kier molecular flexibility index (Phi) is 4.70. The third-order valence-corrected chi connectivity index (χ3v) is 3.98. The summed E-state index contributed by atoms with van der Waals surface area (Å²) in [6.45, 7) is 3.30. The van der Waals surface area contributed by atoms with Crippen LogP contribution in [-0.2, 0) is 4.79 Å². The van der Waals surface area contributed by atoms with Gasteiger partial charge in [0.05, 0.1) is 12.0 Å². The molecule has 1 fully saturated rings. The molecule has 0 spiro atoms. The lowest BCUT2D eigenvalue weighted by molar-refractivity contribution is -0.136. The summed E-state index contributed by atoms with van der Waals surface area (Å²) in [7, 11) is 1.64. The van der Waals surface area contributed by atoms with Crippen LogP contribution in [0, 0.1) is 17.6 Å². The van der Waals surface area contributed by atoms with Crippen LogP contribution in [0.1, 0.15) is 31.4 Å². The van der Waals surface area contributed by atoms with Gasteiger partial charge in [-0.25, -0.2) is 8.78 Å². The van der Waals surface area contributed by atoms with E-state index in [0.717, 1.165) is 37.6 Å². The molecule has 0 radical (unpaired) electrons. The molecule has 0 bridgehead atoms. The van der Waals surface area contributed by atoms with Gasteiger partial charge in [0, 0.05) is 19.2 Å². The molecule has 2 atom stereocenters. The van der Waals surface area contributed by atoms with Crippen LogP contribution in [0.3, 0.4) is 0 Å². The second kappa shape index (κ2) is 6.31. The summed E-state index contributed by atoms with van der Waals surface area (Å²) in [5, 5.41) is 3.19. The van der Waals surface area contributed by atoms with Gasteiger partial charge in [-0.2, -0.15) is 0 Å². The molecule has 1 amide bonds. The van der Waals surface area contributed by atoms with Crippen molar-refractivity contribution >= 4 is 5.91 Å². The number of halogens is 2. The number of hydrogen-bond acceptors (Lipinski definition) is 2. The first kappa shape index (κ1) is 14.9. The number of amides is 1. The van der Waals surface area contributed by atoms with E-state index < -0.39 is 17.7 Å². The summed E-state index contributed by atoms with van der Waals surface area (Å²) in [6.07, 6.45) is 1.81. The van der Waals surface area contributed by atoms with E-state index in [1.807, 2.05) is 0 Å². The van der Waals surface area contributed by atoms with Crippen LogP contribution in [0.4, 0.5) is 8.78 Å². The molecular formula is C15H20F2N2O. The normalized spacial score (nSPS) is 20.5. The molecule has 0 saturated carbocycles. The zero-order valence-corrected chi connectivity index (χ0v) is 11.8. The summed E-state index contributed by atoms with van der Waals surface area (Å²) in [5.74, 6) is -1.07. The molecule has 1 aromatic carbocycles. The van der Waals surface area contributed by atoms with Gasteiger partial charge in [0.15, 0.2) is 0 Å². The van der Waals surface area contributed by atoms with Crippen LogP contribution in [0.25, 0.3) is 0 Å². The van der Waals surface area contributed by atoms with Gasteiger partial charge in [-0.3, -0.25) is 4.79 Å². The molecule has 0 aromatic heterocycles. The Labute approximate surface area is 118 Å². The first-order chi connectivity index (χ1) is 9.50. The summed E-state index contributed by atoms with van der Waals surface area (Å²) in [4.78, 5) is 13.9. The monoisotopic (exact) mass is 282 g/mol. The second-order valence-electron chi connectivity index (χ2n) is 5.33. The molecule has 20 heavy (non-hydrogen) atoms. The van der Waals surface area contributed by atoms with E-state index in [1.54, 1.807) is 14.0 Å². The Balaban J connectivity index is 2.12. The van der Waals surface area contributed by atoms with Crippen LogP contribution >= 0.6 is 0 Å². The van der Waals surface area contributed by atoms with Gasteiger partial charge >= 0.3 is 0 Å². The maximum Gasteiger partial charge on any atom is 0.227 e. The third kappa shape index (κ3) is 3.15. The van der Waals surface area contributed by atoms with E-state index in [1.165, 1.54) is 4.90 Å². The average molecular weight is 282 g/mol. The number of carbonyl (C=O) groups excluding carboxylic acids is 1. The van der Waals surface area contributed by atoms with E-state index in [4.69, 9.17) is 0 Å². The van der Waals surface area contributed by atoms with Crippen LogP contribution in [-0.4, -0.2) is 30.9 Å². The Morgan fingerprint density at radius 3 is 2.85 bits per heavy atom. The quantitative estimate of drug-likeness (QED) is 0.923. The minimum absolute atomic E-state index is 0.0200. The number of benzene rings is 1. The minimum Gasteiger partial charge on any atom is -0.339 e. The highest BCUT2D eigenvalue weighted by Gasteiger charge is 2.28. The smallest absolute Gasteiger partial charge is 0.227 e. The van der Waals surface area contributed by atoms with Crippen molar-refractivity contribution in [1.29, 1.82) is 0 Å². The molecule has 1 heterocycles. The van der Waals surface area contributed by atoms with Crippen molar-refractivity contribution in [2.75, 3.05) is 20.1 Å². The van der Waals surface area contributed by atoms with E-state index in [2.05, 4.69) is 5.32 Å². The molecule has 0 aliphatic carbocycles. The zero-order valence-electron chi connectivity index (χ0n) is 11.8.